The number of hydrogen-bond acceptors (Lipinski definition) is 4. The maximum Gasteiger partial charge on any atom is 0.450 e. The van der Waals surface area contributed by atoms with Crippen LogP contribution in [0.25, 0.3) is 0 Å². The van der Waals surface area contributed by atoms with Crippen LogP contribution >= 0.6 is 0 Å². The lowest BCUT2D eigenvalue weighted by Gasteiger charge is -2.09. The first-order chi connectivity index (χ1) is 11.4. The third-order valence-electron chi connectivity index (χ3n) is 2.97. The van der Waals surface area contributed by atoms with Crippen molar-refractivity contribution >= 4 is 17.4 Å². The summed E-state index contributed by atoms with van der Waals surface area (Å²) in [6.07, 6.45) is -3.19. The maximum atomic E-state index is 12.5. The number of benzene rings is 1. The van der Waals surface area contributed by atoms with Crippen molar-refractivity contribution in [2.24, 2.45) is 5.10 Å². The standard InChI is InChI=1S/C16H12F3N3O2/c17-16(18,19)14(23)9-13(11-5-2-1-3-6-11)21-22-15(24)12-7-4-8-20-10-12/h1-8,10H,9H2,(H,22,24)/b21-13+. The molecule has 0 spiro atoms. The molecule has 0 aliphatic rings. The van der Waals surface area contributed by atoms with Gasteiger partial charge in [0.2, 0.25) is 5.78 Å². The molecule has 1 aromatic heterocycles. The predicted octanol–water partition coefficient (Wildman–Crippen LogP) is 2.74. The Labute approximate surface area is 135 Å². The van der Waals surface area contributed by atoms with Crippen LogP contribution in [-0.4, -0.2) is 28.6 Å². The van der Waals surface area contributed by atoms with Crippen molar-refractivity contribution in [3.05, 3.63) is 66.0 Å². The van der Waals surface area contributed by atoms with E-state index in [1.165, 1.54) is 36.7 Å². The monoisotopic (exact) mass is 335 g/mol. The summed E-state index contributed by atoms with van der Waals surface area (Å²) in [5, 5.41) is 3.69. The Bertz CT molecular complexity index is 744. The van der Waals surface area contributed by atoms with Crippen LogP contribution in [0, 0.1) is 0 Å². The number of hydrogen-bond donors (Lipinski definition) is 1. The molecule has 0 fully saturated rings. The summed E-state index contributed by atoms with van der Waals surface area (Å²) in [6.45, 7) is 0. The highest BCUT2D eigenvalue weighted by Crippen LogP contribution is 2.19. The van der Waals surface area contributed by atoms with Crippen LogP contribution in [-0.2, 0) is 4.79 Å². The van der Waals surface area contributed by atoms with Gasteiger partial charge in [-0.1, -0.05) is 30.3 Å². The smallest absolute Gasteiger partial charge is 0.289 e. The number of nitrogens with zero attached hydrogens (tertiary/aromatic N) is 2. The van der Waals surface area contributed by atoms with Gasteiger partial charge >= 0.3 is 6.18 Å². The third kappa shape index (κ3) is 4.73. The minimum absolute atomic E-state index is 0.185. The lowest BCUT2D eigenvalue weighted by molar-refractivity contribution is -0.169. The summed E-state index contributed by atoms with van der Waals surface area (Å²) in [6, 6.07) is 10.8. The van der Waals surface area contributed by atoms with Gasteiger partial charge in [-0.05, 0) is 17.7 Å². The number of amides is 1. The van der Waals surface area contributed by atoms with Gasteiger partial charge in [-0.3, -0.25) is 14.6 Å². The predicted molar refractivity (Wildman–Crippen MR) is 80.4 cm³/mol. The molecule has 1 aromatic carbocycles. The lowest BCUT2D eigenvalue weighted by Crippen LogP contribution is -2.27. The number of halogens is 3. The van der Waals surface area contributed by atoms with Crippen molar-refractivity contribution in [1.29, 1.82) is 0 Å². The van der Waals surface area contributed by atoms with Crippen molar-refractivity contribution in [2.45, 2.75) is 12.6 Å². The molecular weight excluding hydrogens is 323 g/mol. The molecule has 0 bridgehead atoms. The van der Waals surface area contributed by atoms with Crippen molar-refractivity contribution in [1.82, 2.24) is 10.4 Å². The Kier molecular flexibility index (Phi) is 5.41. The topological polar surface area (TPSA) is 71.4 Å². The van der Waals surface area contributed by atoms with E-state index in [4.69, 9.17) is 0 Å². The van der Waals surface area contributed by atoms with E-state index in [2.05, 4.69) is 15.5 Å². The highest BCUT2D eigenvalue weighted by molar-refractivity contribution is 6.12. The summed E-state index contributed by atoms with van der Waals surface area (Å²) in [5.74, 6) is -2.59. The summed E-state index contributed by atoms with van der Waals surface area (Å²) < 4.78 is 37.5. The zero-order valence-corrected chi connectivity index (χ0v) is 12.2. The molecule has 0 saturated carbocycles. The summed E-state index contributed by atoms with van der Waals surface area (Å²) in [7, 11) is 0. The summed E-state index contributed by atoms with van der Waals surface area (Å²) in [4.78, 5) is 26.9. The summed E-state index contributed by atoms with van der Waals surface area (Å²) >= 11 is 0. The van der Waals surface area contributed by atoms with Crippen LogP contribution in [0.3, 0.4) is 0 Å². The molecule has 0 atom stereocenters. The van der Waals surface area contributed by atoms with Gasteiger partial charge in [-0.15, -0.1) is 0 Å². The molecule has 1 N–H and O–H groups in total. The molecule has 1 amide bonds. The van der Waals surface area contributed by atoms with E-state index < -0.39 is 24.3 Å². The molecule has 5 nitrogen and oxygen atoms in total. The summed E-state index contributed by atoms with van der Waals surface area (Å²) in [5.41, 5.74) is 2.46. The van der Waals surface area contributed by atoms with Crippen LogP contribution < -0.4 is 5.43 Å². The van der Waals surface area contributed by atoms with Gasteiger partial charge in [0.05, 0.1) is 17.7 Å². The fourth-order valence-electron chi connectivity index (χ4n) is 1.77. The number of hydrazone groups is 1. The molecule has 2 rings (SSSR count). The van der Waals surface area contributed by atoms with E-state index in [1.807, 2.05) is 0 Å². The second-order valence-corrected chi connectivity index (χ2v) is 4.70. The average Bonchev–Trinajstić information content (AvgIpc) is 2.58. The van der Waals surface area contributed by atoms with Gasteiger partial charge in [0.15, 0.2) is 0 Å². The van der Waals surface area contributed by atoms with Gasteiger partial charge in [-0.2, -0.15) is 18.3 Å². The third-order valence-corrected chi connectivity index (χ3v) is 2.97. The Morgan fingerprint density at radius 1 is 1.04 bits per heavy atom. The van der Waals surface area contributed by atoms with E-state index in [-0.39, 0.29) is 11.3 Å². The van der Waals surface area contributed by atoms with E-state index in [0.717, 1.165) is 0 Å². The minimum Gasteiger partial charge on any atom is -0.289 e. The fraction of sp³-hybridized carbons (Fsp3) is 0.125. The first-order valence-electron chi connectivity index (χ1n) is 6.80. The Morgan fingerprint density at radius 3 is 2.29 bits per heavy atom. The van der Waals surface area contributed by atoms with Gasteiger partial charge in [-0.25, -0.2) is 5.43 Å². The van der Waals surface area contributed by atoms with Crippen LogP contribution in [0.5, 0.6) is 0 Å². The molecule has 124 valence electrons. The van der Waals surface area contributed by atoms with Crippen LogP contribution in [0.4, 0.5) is 13.2 Å². The van der Waals surface area contributed by atoms with Crippen molar-refractivity contribution in [3.8, 4) is 0 Å². The zero-order chi connectivity index (χ0) is 17.6. The van der Waals surface area contributed by atoms with E-state index in [9.17, 15) is 22.8 Å². The first kappa shape index (κ1) is 17.3. The number of carbonyl (C=O) groups is 2. The molecule has 0 aliphatic carbocycles. The van der Waals surface area contributed by atoms with Gasteiger partial charge in [0.25, 0.3) is 5.91 Å². The Balaban J connectivity index is 2.22. The number of Topliss-reactive ketones (excluding diaryl/α,β-unsaturated/α-hetero) is 1. The highest BCUT2D eigenvalue weighted by atomic mass is 19.4. The van der Waals surface area contributed by atoms with Crippen molar-refractivity contribution < 1.29 is 22.8 Å². The largest absolute Gasteiger partial charge is 0.450 e. The van der Waals surface area contributed by atoms with E-state index in [1.54, 1.807) is 18.2 Å². The first-order valence-corrected chi connectivity index (χ1v) is 6.80. The van der Waals surface area contributed by atoms with E-state index >= 15 is 0 Å². The number of rotatable bonds is 5. The SMILES string of the molecule is O=C(N/N=C(\CC(=O)C(F)(F)F)c1ccccc1)c1cccnc1. The number of ketones is 1. The normalized spacial score (nSPS) is 11.9. The minimum atomic E-state index is -4.97. The number of carbonyl (C=O) groups excluding carboxylic acids is 2. The molecule has 8 heteroatoms. The second kappa shape index (κ2) is 7.49. The molecule has 0 unspecified atom stereocenters. The van der Waals surface area contributed by atoms with Crippen LogP contribution in [0.1, 0.15) is 22.3 Å². The van der Waals surface area contributed by atoms with Gasteiger partial charge < -0.3 is 0 Å². The Hall–Kier alpha value is -3.03. The van der Waals surface area contributed by atoms with Gasteiger partial charge in [0.1, 0.15) is 0 Å². The molecule has 1 heterocycles. The van der Waals surface area contributed by atoms with Gasteiger partial charge in [0, 0.05) is 12.4 Å². The Morgan fingerprint density at radius 2 is 1.71 bits per heavy atom. The molecule has 0 aliphatic heterocycles. The quantitative estimate of drug-likeness (QED) is 0.675. The lowest BCUT2D eigenvalue weighted by atomic mass is 10.1. The average molecular weight is 335 g/mol. The molecular formula is C16H12F3N3O2. The molecule has 24 heavy (non-hydrogen) atoms. The maximum absolute atomic E-state index is 12.5. The second-order valence-electron chi connectivity index (χ2n) is 4.70. The van der Waals surface area contributed by atoms with Crippen molar-refractivity contribution in [3.63, 3.8) is 0 Å². The highest BCUT2D eigenvalue weighted by Gasteiger charge is 2.38. The van der Waals surface area contributed by atoms with Crippen molar-refractivity contribution in [2.75, 3.05) is 0 Å². The fourth-order valence-corrected chi connectivity index (χ4v) is 1.77. The molecule has 0 radical (unpaired) electrons. The number of aromatic nitrogens is 1. The molecule has 0 saturated heterocycles. The number of pyridine rings is 1. The number of alkyl halides is 3. The van der Waals surface area contributed by atoms with E-state index in [0.29, 0.717) is 5.56 Å². The number of nitrogens with one attached hydrogen (secondary N) is 1. The zero-order valence-electron chi connectivity index (χ0n) is 12.2. The van der Waals surface area contributed by atoms with Crippen LogP contribution in [0.2, 0.25) is 0 Å². The molecule has 2 aromatic rings. The van der Waals surface area contributed by atoms with Crippen LogP contribution in [0.15, 0.2) is 60.0 Å².